The first-order valence-corrected chi connectivity index (χ1v) is 9.34. The van der Waals surface area contributed by atoms with Crippen LogP contribution in [0.25, 0.3) is 0 Å². The number of carbonyl (C=O) groups excluding carboxylic acids is 2. The molecule has 136 valence electrons. The monoisotopic (exact) mass is 348 g/mol. The Morgan fingerprint density at radius 1 is 1.28 bits per heavy atom. The van der Waals surface area contributed by atoms with E-state index in [4.69, 9.17) is 4.74 Å². The number of carboxylic acid groups (broad SMARTS) is 1. The minimum absolute atomic E-state index is 0.0219. The highest BCUT2D eigenvalue weighted by molar-refractivity contribution is 6.07. The Kier molecular flexibility index (Phi) is 2.59. The molecule has 25 heavy (non-hydrogen) atoms. The van der Waals surface area contributed by atoms with Gasteiger partial charge in [-0.3, -0.25) is 14.4 Å². The van der Waals surface area contributed by atoms with Crippen molar-refractivity contribution in [1.82, 2.24) is 0 Å². The number of carboxylic acids is 1. The molecule has 5 aliphatic rings. The zero-order valence-electron chi connectivity index (χ0n) is 14.6. The zero-order chi connectivity index (χ0) is 18.0. The number of hydrogen-bond acceptors (Lipinski definition) is 5. The van der Waals surface area contributed by atoms with Crippen LogP contribution in [-0.4, -0.2) is 39.1 Å². The molecule has 1 aliphatic heterocycles. The number of Topliss-reactive ketones (excluding diaryl/α,β-unsaturated/α-hetero) is 1. The van der Waals surface area contributed by atoms with Gasteiger partial charge in [0.05, 0.1) is 11.5 Å². The number of aliphatic carboxylic acids is 1. The molecule has 0 amide bonds. The summed E-state index contributed by atoms with van der Waals surface area (Å²) in [4.78, 5) is 37.8. The van der Waals surface area contributed by atoms with Crippen molar-refractivity contribution in [2.75, 3.05) is 0 Å². The van der Waals surface area contributed by atoms with Gasteiger partial charge in [-0.2, -0.15) is 0 Å². The maximum atomic E-state index is 12.7. The average molecular weight is 348 g/mol. The highest BCUT2D eigenvalue weighted by Crippen LogP contribution is 2.78. The summed E-state index contributed by atoms with van der Waals surface area (Å²) in [6, 6.07) is 0. The third kappa shape index (κ3) is 1.40. The van der Waals surface area contributed by atoms with Crippen LogP contribution in [0.1, 0.15) is 52.4 Å². The molecule has 5 fully saturated rings. The van der Waals surface area contributed by atoms with Gasteiger partial charge in [0.25, 0.3) is 0 Å². The van der Waals surface area contributed by atoms with Crippen molar-refractivity contribution in [1.29, 1.82) is 0 Å². The van der Waals surface area contributed by atoms with Crippen LogP contribution < -0.4 is 0 Å². The number of ketones is 1. The van der Waals surface area contributed by atoms with Gasteiger partial charge < -0.3 is 14.9 Å². The maximum Gasteiger partial charge on any atom is 0.320 e. The van der Waals surface area contributed by atoms with Crippen LogP contribution in [0.2, 0.25) is 0 Å². The van der Waals surface area contributed by atoms with Crippen LogP contribution in [0.5, 0.6) is 0 Å². The van der Waals surface area contributed by atoms with Crippen LogP contribution in [-0.2, 0) is 19.1 Å². The molecule has 1 spiro atoms. The van der Waals surface area contributed by atoms with Gasteiger partial charge >= 0.3 is 11.9 Å². The van der Waals surface area contributed by atoms with Gasteiger partial charge in [-0.1, -0.05) is 6.92 Å². The molecule has 0 aromatic heterocycles. The van der Waals surface area contributed by atoms with Gasteiger partial charge in [0.2, 0.25) is 0 Å². The first-order chi connectivity index (χ1) is 11.6. The third-order valence-corrected chi connectivity index (χ3v) is 8.78. The Morgan fingerprint density at radius 3 is 2.68 bits per heavy atom. The summed E-state index contributed by atoms with van der Waals surface area (Å²) < 4.78 is 5.93. The fourth-order valence-electron chi connectivity index (χ4n) is 7.86. The molecule has 4 bridgehead atoms. The lowest BCUT2D eigenvalue weighted by molar-refractivity contribution is -0.163. The SMILES string of the molecule is C[C@H]1C[C@]23C[C@@]1(O)CC[C@H]2[C@@]12CCC(=O)[C@@](C)(C(=O)O1)C2[C@@H]3C(=O)O. The molecule has 6 nitrogen and oxygen atoms in total. The van der Waals surface area contributed by atoms with Gasteiger partial charge in [-0.05, 0) is 50.4 Å². The molecule has 5 rings (SSSR count). The summed E-state index contributed by atoms with van der Waals surface area (Å²) in [6.07, 6.45) is 3.06. The van der Waals surface area contributed by atoms with Crippen molar-refractivity contribution in [2.24, 2.45) is 34.5 Å². The molecule has 0 aromatic rings. The van der Waals surface area contributed by atoms with E-state index in [1.54, 1.807) is 6.92 Å². The van der Waals surface area contributed by atoms with Crippen molar-refractivity contribution >= 4 is 17.7 Å². The van der Waals surface area contributed by atoms with Gasteiger partial charge in [0.1, 0.15) is 11.0 Å². The second kappa shape index (κ2) is 4.11. The van der Waals surface area contributed by atoms with E-state index >= 15 is 0 Å². The Balaban J connectivity index is 1.76. The fourth-order valence-corrected chi connectivity index (χ4v) is 7.86. The normalized spacial score (nSPS) is 58.7. The van der Waals surface area contributed by atoms with Crippen molar-refractivity contribution < 1.29 is 29.3 Å². The van der Waals surface area contributed by atoms with E-state index < -0.39 is 45.8 Å². The lowest BCUT2D eigenvalue weighted by atomic mass is 9.59. The predicted molar refractivity (Wildman–Crippen MR) is 84.3 cm³/mol. The second-order valence-electron chi connectivity index (χ2n) is 9.47. The molecule has 4 saturated carbocycles. The zero-order valence-corrected chi connectivity index (χ0v) is 14.6. The molecule has 8 atom stereocenters. The smallest absolute Gasteiger partial charge is 0.320 e. The van der Waals surface area contributed by atoms with Crippen molar-refractivity contribution in [2.45, 2.75) is 63.6 Å². The molecule has 6 heteroatoms. The first-order valence-electron chi connectivity index (χ1n) is 9.34. The Morgan fingerprint density at radius 2 is 2.00 bits per heavy atom. The van der Waals surface area contributed by atoms with E-state index in [0.717, 1.165) is 0 Å². The molecule has 0 radical (unpaired) electrons. The van der Waals surface area contributed by atoms with Gasteiger partial charge in [0.15, 0.2) is 5.78 Å². The fraction of sp³-hybridized carbons (Fsp3) is 0.842. The lowest BCUT2D eigenvalue weighted by Crippen LogP contribution is -2.51. The summed E-state index contributed by atoms with van der Waals surface area (Å²) in [5.74, 6) is -3.14. The van der Waals surface area contributed by atoms with E-state index in [9.17, 15) is 24.6 Å². The Bertz CT molecular complexity index is 731. The summed E-state index contributed by atoms with van der Waals surface area (Å²) >= 11 is 0. The lowest BCUT2D eigenvalue weighted by Gasteiger charge is -2.45. The van der Waals surface area contributed by atoms with Crippen LogP contribution in [0.3, 0.4) is 0 Å². The molecule has 1 unspecified atom stereocenters. The number of carbonyl (C=O) groups is 3. The maximum absolute atomic E-state index is 12.7. The largest absolute Gasteiger partial charge is 0.481 e. The molecule has 4 aliphatic carbocycles. The van der Waals surface area contributed by atoms with Gasteiger partial charge in [-0.15, -0.1) is 0 Å². The standard InChI is InChI=1S/C19H24O6/c1-9-7-17-8-18(9,24)5-3-10(17)19-6-4-11(20)16(2,15(23)25-19)13(19)12(17)14(21)22/h9-10,12-13,24H,3-8H2,1-2H3,(H,21,22)/t9-,10+,12+,13?,16+,17-,18-,19+/m0/s1. The quantitative estimate of drug-likeness (QED) is 0.551. The summed E-state index contributed by atoms with van der Waals surface area (Å²) in [5, 5.41) is 21.2. The number of fused-ring (bicyclic) bond motifs is 1. The average Bonchev–Trinajstić information content (AvgIpc) is 2.95. The van der Waals surface area contributed by atoms with Crippen LogP contribution in [0.4, 0.5) is 0 Å². The van der Waals surface area contributed by atoms with E-state index in [2.05, 4.69) is 0 Å². The van der Waals surface area contributed by atoms with Crippen LogP contribution in [0.15, 0.2) is 0 Å². The molecular formula is C19H24O6. The van der Waals surface area contributed by atoms with Gasteiger partial charge in [-0.25, -0.2) is 0 Å². The van der Waals surface area contributed by atoms with Crippen molar-refractivity contribution in [3.63, 3.8) is 0 Å². The minimum atomic E-state index is -1.35. The third-order valence-electron chi connectivity index (χ3n) is 8.78. The summed E-state index contributed by atoms with van der Waals surface area (Å²) in [6.45, 7) is 3.59. The Labute approximate surface area is 145 Å². The Hall–Kier alpha value is -1.43. The molecule has 1 heterocycles. The van der Waals surface area contributed by atoms with Crippen LogP contribution >= 0.6 is 0 Å². The molecular weight excluding hydrogens is 324 g/mol. The first kappa shape index (κ1) is 15.8. The van der Waals surface area contributed by atoms with E-state index in [-0.39, 0.29) is 24.0 Å². The summed E-state index contributed by atoms with van der Waals surface area (Å²) in [7, 11) is 0. The highest BCUT2D eigenvalue weighted by Gasteiger charge is 2.84. The van der Waals surface area contributed by atoms with E-state index in [1.807, 2.05) is 6.92 Å². The van der Waals surface area contributed by atoms with Crippen LogP contribution in [0, 0.1) is 34.5 Å². The molecule has 0 aromatic carbocycles. The molecule has 2 N–H and O–H groups in total. The highest BCUT2D eigenvalue weighted by atomic mass is 16.6. The summed E-state index contributed by atoms with van der Waals surface area (Å²) in [5.41, 5.74) is -3.59. The van der Waals surface area contributed by atoms with Crippen molar-refractivity contribution in [3.05, 3.63) is 0 Å². The number of rotatable bonds is 1. The topological polar surface area (TPSA) is 101 Å². The van der Waals surface area contributed by atoms with E-state index in [1.165, 1.54) is 0 Å². The number of aliphatic hydroxyl groups is 1. The van der Waals surface area contributed by atoms with Gasteiger partial charge in [0, 0.05) is 18.3 Å². The number of hydrogen-bond donors (Lipinski definition) is 2. The second-order valence-corrected chi connectivity index (χ2v) is 9.47. The van der Waals surface area contributed by atoms with E-state index in [0.29, 0.717) is 32.1 Å². The predicted octanol–water partition coefficient (Wildman–Crippen LogP) is 1.54. The number of ether oxygens (including phenoxy) is 1. The van der Waals surface area contributed by atoms with Crippen molar-refractivity contribution in [3.8, 4) is 0 Å². The molecule has 1 saturated heterocycles. The minimum Gasteiger partial charge on any atom is -0.481 e. The number of esters is 1.